The molecule has 0 aliphatic carbocycles. The minimum absolute atomic E-state index is 0.456. The Bertz CT molecular complexity index is 1060. The smallest absolute Gasteiger partial charge is 0.181 e. The Morgan fingerprint density at radius 3 is 2.54 bits per heavy atom. The number of anilines is 1. The van der Waals surface area contributed by atoms with E-state index >= 15 is 0 Å². The predicted molar refractivity (Wildman–Crippen MR) is 116 cm³/mol. The molecule has 1 unspecified atom stereocenters. The highest BCUT2D eigenvalue weighted by atomic mass is 32.1. The molecule has 0 bridgehead atoms. The number of thiophene rings is 1. The summed E-state index contributed by atoms with van der Waals surface area (Å²) in [6, 6.07) is 16.0. The SMILES string of the molecule is CCN(CC(C)O)c1nc(-c2ccccn2)nc2scc(-c3ccccc3)c12. The fourth-order valence-corrected chi connectivity index (χ4v) is 4.22. The third-order valence-electron chi connectivity index (χ3n) is 4.56. The van der Waals surface area contributed by atoms with E-state index in [1.807, 2.05) is 36.4 Å². The molecule has 0 amide bonds. The zero-order valence-electron chi connectivity index (χ0n) is 15.9. The highest BCUT2D eigenvalue weighted by Crippen LogP contribution is 2.39. The van der Waals surface area contributed by atoms with Crippen LogP contribution in [0.3, 0.4) is 0 Å². The molecule has 1 atom stereocenters. The molecule has 5 nitrogen and oxygen atoms in total. The van der Waals surface area contributed by atoms with Crippen LogP contribution in [0.5, 0.6) is 0 Å². The number of hydrogen-bond donors (Lipinski definition) is 1. The summed E-state index contributed by atoms with van der Waals surface area (Å²) in [5, 5.41) is 13.2. The van der Waals surface area contributed by atoms with Gasteiger partial charge in [-0.2, -0.15) is 0 Å². The zero-order valence-corrected chi connectivity index (χ0v) is 16.7. The van der Waals surface area contributed by atoms with E-state index in [1.54, 1.807) is 24.5 Å². The van der Waals surface area contributed by atoms with Crippen molar-refractivity contribution in [3.8, 4) is 22.6 Å². The summed E-state index contributed by atoms with van der Waals surface area (Å²) < 4.78 is 0. The molecule has 0 aliphatic rings. The largest absolute Gasteiger partial charge is 0.392 e. The number of aromatic nitrogens is 3. The van der Waals surface area contributed by atoms with E-state index in [2.05, 4.69) is 34.3 Å². The van der Waals surface area contributed by atoms with Gasteiger partial charge >= 0.3 is 0 Å². The lowest BCUT2D eigenvalue weighted by Gasteiger charge is -2.25. The van der Waals surface area contributed by atoms with E-state index in [0.717, 1.165) is 39.4 Å². The Morgan fingerprint density at radius 2 is 1.86 bits per heavy atom. The van der Waals surface area contributed by atoms with Gasteiger partial charge in [0.25, 0.3) is 0 Å². The van der Waals surface area contributed by atoms with Crippen LogP contribution in [0.15, 0.2) is 60.1 Å². The maximum atomic E-state index is 10.0. The maximum absolute atomic E-state index is 10.0. The normalized spacial score (nSPS) is 12.2. The zero-order chi connectivity index (χ0) is 19.5. The molecule has 3 aromatic heterocycles. The Balaban J connectivity index is 1.96. The molecular formula is C22H22N4OS. The van der Waals surface area contributed by atoms with Gasteiger partial charge in [0.15, 0.2) is 5.82 Å². The molecule has 28 heavy (non-hydrogen) atoms. The van der Waals surface area contributed by atoms with Gasteiger partial charge in [0.05, 0.1) is 11.5 Å². The molecule has 4 rings (SSSR count). The minimum atomic E-state index is -0.456. The lowest BCUT2D eigenvalue weighted by molar-refractivity contribution is 0.200. The summed E-state index contributed by atoms with van der Waals surface area (Å²) in [5.41, 5.74) is 3.00. The number of likely N-dealkylation sites (N-methyl/N-ethyl adjacent to an activating group) is 1. The van der Waals surface area contributed by atoms with Crippen LogP contribution in [0, 0.1) is 0 Å². The summed E-state index contributed by atoms with van der Waals surface area (Å²) in [7, 11) is 0. The summed E-state index contributed by atoms with van der Waals surface area (Å²) in [4.78, 5) is 17.2. The molecule has 1 aromatic carbocycles. The van der Waals surface area contributed by atoms with Crippen molar-refractivity contribution in [2.45, 2.75) is 20.0 Å². The molecule has 3 heterocycles. The summed E-state index contributed by atoms with van der Waals surface area (Å²) in [6.45, 7) is 5.12. The second-order valence-corrected chi connectivity index (χ2v) is 7.53. The minimum Gasteiger partial charge on any atom is -0.392 e. The van der Waals surface area contributed by atoms with Crippen molar-refractivity contribution in [3.63, 3.8) is 0 Å². The molecule has 6 heteroatoms. The van der Waals surface area contributed by atoms with Gasteiger partial charge in [0.1, 0.15) is 16.3 Å². The van der Waals surface area contributed by atoms with Gasteiger partial charge in [-0.25, -0.2) is 9.97 Å². The number of fused-ring (bicyclic) bond motifs is 1. The molecule has 0 fully saturated rings. The van der Waals surface area contributed by atoms with Crippen molar-refractivity contribution in [1.82, 2.24) is 15.0 Å². The van der Waals surface area contributed by atoms with Gasteiger partial charge in [-0.1, -0.05) is 36.4 Å². The molecule has 4 aromatic rings. The molecule has 0 radical (unpaired) electrons. The fourth-order valence-electron chi connectivity index (χ4n) is 3.28. The van der Waals surface area contributed by atoms with Crippen LogP contribution in [0.2, 0.25) is 0 Å². The van der Waals surface area contributed by atoms with Gasteiger partial charge < -0.3 is 10.0 Å². The van der Waals surface area contributed by atoms with Crippen LogP contribution in [0.25, 0.3) is 32.9 Å². The molecule has 0 saturated carbocycles. The Labute approximate surface area is 168 Å². The standard InChI is InChI=1S/C22H22N4OS/c1-3-26(13-15(2)27)21-19-17(16-9-5-4-6-10-16)14-28-22(19)25-20(24-21)18-11-7-8-12-23-18/h4-12,14-15,27H,3,13H2,1-2H3. The van der Waals surface area contributed by atoms with Gasteiger partial charge in [-0.3, -0.25) is 4.98 Å². The Hall–Kier alpha value is -2.83. The second-order valence-electron chi connectivity index (χ2n) is 6.67. The Morgan fingerprint density at radius 1 is 1.07 bits per heavy atom. The van der Waals surface area contributed by atoms with E-state index < -0.39 is 6.10 Å². The molecular weight excluding hydrogens is 368 g/mol. The quantitative estimate of drug-likeness (QED) is 0.520. The average molecular weight is 391 g/mol. The monoisotopic (exact) mass is 390 g/mol. The van der Waals surface area contributed by atoms with Crippen LogP contribution < -0.4 is 4.90 Å². The molecule has 142 valence electrons. The number of pyridine rings is 1. The van der Waals surface area contributed by atoms with Crippen LogP contribution >= 0.6 is 11.3 Å². The van der Waals surface area contributed by atoms with E-state index in [1.165, 1.54) is 0 Å². The van der Waals surface area contributed by atoms with Crippen molar-refractivity contribution in [2.24, 2.45) is 0 Å². The Kier molecular flexibility index (Phi) is 5.32. The summed E-state index contributed by atoms with van der Waals surface area (Å²) in [5.74, 6) is 1.45. The van der Waals surface area contributed by atoms with E-state index in [9.17, 15) is 5.11 Å². The molecule has 0 spiro atoms. The third kappa shape index (κ3) is 3.61. The lowest BCUT2D eigenvalue weighted by atomic mass is 10.1. The van der Waals surface area contributed by atoms with Crippen molar-refractivity contribution in [1.29, 1.82) is 0 Å². The van der Waals surface area contributed by atoms with Crippen LogP contribution in [0.4, 0.5) is 5.82 Å². The number of aliphatic hydroxyl groups is 1. The predicted octanol–water partition coefficient (Wildman–Crippen LogP) is 4.63. The lowest BCUT2D eigenvalue weighted by Crippen LogP contribution is -2.31. The average Bonchev–Trinajstić information content (AvgIpc) is 3.16. The van der Waals surface area contributed by atoms with Gasteiger partial charge in [-0.05, 0) is 31.5 Å². The van der Waals surface area contributed by atoms with Crippen molar-refractivity contribution < 1.29 is 5.11 Å². The van der Waals surface area contributed by atoms with E-state index in [4.69, 9.17) is 9.97 Å². The first-order chi connectivity index (χ1) is 13.7. The maximum Gasteiger partial charge on any atom is 0.181 e. The first-order valence-electron chi connectivity index (χ1n) is 9.36. The molecule has 1 N–H and O–H groups in total. The van der Waals surface area contributed by atoms with Gasteiger partial charge in [-0.15, -0.1) is 11.3 Å². The van der Waals surface area contributed by atoms with Gasteiger partial charge in [0.2, 0.25) is 0 Å². The number of aliphatic hydroxyl groups excluding tert-OH is 1. The van der Waals surface area contributed by atoms with Crippen LogP contribution in [-0.2, 0) is 0 Å². The van der Waals surface area contributed by atoms with Crippen molar-refractivity contribution in [3.05, 3.63) is 60.1 Å². The summed E-state index contributed by atoms with van der Waals surface area (Å²) in [6.07, 6.45) is 1.29. The molecule has 0 saturated heterocycles. The topological polar surface area (TPSA) is 62.1 Å². The third-order valence-corrected chi connectivity index (χ3v) is 5.43. The highest BCUT2D eigenvalue weighted by molar-refractivity contribution is 7.17. The molecule has 0 aliphatic heterocycles. The van der Waals surface area contributed by atoms with Crippen LogP contribution in [0.1, 0.15) is 13.8 Å². The van der Waals surface area contributed by atoms with Crippen LogP contribution in [-0.4, -0.2) is 39.3 Å². The summed E-state index contributed by atoms with van der Waals surface area (Å²) >= 11 is 1.61. The fraction of sp³-hybridized carbons (Fsp3) is 0.227. The van der Waals surface area contributed by atoms with E-state index in [0.29, 0.717) is 12.4 Å². The van der Waals surface area contributed by atoms with Crippen molar-refractivity contribution >= 4 is 27.4 Å². The number of nitrogens with zero attached hydrogens (tertiary/aromatic N) is 4. The first kappa shape index (κ1) is 18.5. The highest BCUT2D eigenvalue weighted by Gasteiger charge is 2.21. The second kappa shape index (κ2) is 8.04. The van der Waals surface area contributed by atoms with Crippen molar-refractivity contribution in [2.75, 3.05) is 18.0 Å². The van der Waals surface area contributed by atoms with Gasteiger partial charge in [0, 0.05) is 30.2 Å². The number of benzene rings is 1. The first-order valence-corrected chi connectivity index (χ1v) is 10.2. The number of hydrogen-bond acceptors (Lipinski definition) is 6. The van der Waals surface area contributed by atoms with E-state index in [-0.39, 0.29) is 0 Å². The number of rotatable bonds is 6.